The summed E-state index contributed by atoms with van der Waals surface area (Å²) in [5.74, 6) is -0.154. The van der Waals surface area contributed by atoms with Crippen molar-refractivity contribution in [2.24, 2.45) is 0 Å². The van der Waals surface area contributed by atoms with Gasteiger partial charge in [0.2, 0.25) is 0 Å². The summed E-state index contributed by atoms with van der Waals surface area (Å²) < 4.78 is 5.36. The first-order valence-corrected chi connectivity index (χ1v) is 7.86. The number of para-hydroxylation sites is 1. The van der Waals surface area contributed by atoms with Crippen LogP contribution in [0.4, 0.5) is 21.9 Å². The van der Waals surface area contributed by atoms with E-state index in [1.807, 2.05) is 18.2 Å². The van der Waals surface area contributed by atoms with Crippen LogP contribution in [-0.4, -0.2) is 24.6 Å². The lowest BCUT2D eigenvalue weighted by atomic mass is 10.2. The summed E-state index contributed by atoms with van der Waals surface area (Å²) in [6.45, 7) is 0.624. The van der Waals surface area contributed by atoms with Crippen LogP contribution in [-0.2, 0) is 9.53 Å². The molecule has 1 aliphatic heterocycles. The Labute approximate surface area is 140 Å². The van der Waals surface area contributed by atoms with Crippen LogP contribution in [0.25, 0.3) is 0 Å². The largest absolute Gasteiger partial charge is 0.368 e. The molecule has 124 valence electrons. The molecule has 2 aromatic carbocycles. The number of nitrogens with one attached hydrogen (secondary N) is 3. The first-order chi connectivity index (χ1) is 11.7. The second kappa shape index (κ2) is 7.61. The molecule has 1 heterocycles. The fraction of sp³-hybridized carbons (Fsp3) is 0.222. The quantitative estimate of drug-likeness (QED) is 0.805. The molecule has 0 aliphatic carbocycles. The van der Waals surface area contributed by atoms with E-state index in [2.05, 4.69) is 16.0 Å². The van der Waals surface area contributed by atoms with Gasteiger partial charge in [0.15, 0.2) is 0 Å². The third-order valence-corrected chi connectivity index (χ3v) is 3.64. The number of ether oxygens (including phenoxy) is 1. The first kappa shape index (κ1) is 16.0. The second-order valence-electron chi connectivity index (χ2n) is 5.52. The maximum atomic E-state index is 12.1. The summed E-state index contributed by atoms with van der Waals surface area (Å²) in [5.41, 5.74) is 1.92. The van der Waals surface area contributed by atoms with Crippen molar-refractivity contribution in [3.8, 4) is 0 Å². The van der Waals surface area contributed by atoms with E-state index < -0.39 is 0 Å². The Kier molecular flexibility index (Phi) is 5.08. The van der Waals surface area contributed by atoms with Crippen LogP contribution in [0, 0.1) is 0 Å². The van der Waals surface area contributed by atoms with Crippen LogP contribution in [0.15, 0.2) is 54.6 Å². The molecule has 0 spiro atoms. The van der Waals surface area contributed by atoms with Crippen LogP contribution < -0.4 is 16.0 Å². The fourth-order valence-corrected chi connectivity index (χ4v) is 2.50. The number of carbonyl (C=O) groups is 2. The van der Waals surface area contributed by atoms with E-state index in [4.69, 9.17) is 4.74 Å². The van der Waals surface area contributed by atoms with Crippen molar-refractivity contribution in [2.45, 2.75) is 18.9 Å². The molecule has 0 radical (unpaired) electrons. The molecule has 1 aliphatic rings. The van der Waals surface area contributed by atoms with Gasteiger partial charge in [-0.15, -0.1) is 0 Å². The van der Waals surface area contributed by atoms with Crippen molar-refractivity contribution in [1.82, 2.24) is 0 Å². The second-order valence-corrected chi connectivity index (χ2v) is 5.52. The van der Waals surface area contributed by atoms with Gasteiger partial charge < -0.3 is 20.7 Å². The average molecular weight is 325 g/mol. The Bertz CT molecular complexity index is 712. The minimum atomic E-state index is -0.386. The molecule has 6 nitrogen and oxygen atoms in total. The van der Waals surface area contributed by atoms with E-state index in [1.165, 1.54) is 0 Å². The predicted molar refractivity (Wildman–Crippen MR) is 93.1 cm³/mol. The number of hydrogen-bond donors (Lipinski definition) is 3. The Hall–Kier alpha value is -2.86. The van der Waals surface area contributed by atoms with E-state index in [0.29, 0.717) is 23.7 Å². The van der Waals surface area contributed by atoms with Crippen molar-refractivity contribution < 1.29 is 14.3 Å². The van der Waals surface area contributed by atoms with Gasteiger partial charge in [0.1, 0.15) is 6.10 Å². The number of rotatable bonds is 4. The Morgan fingerprint density at radius 1 is 0.875 bits per heavy atom. The van der Waals surface area contributed by atoms with Gasteiger partial charge in [-0.3, -0.25) is 4.79 Å². The number of hydrogen-bond acceptors (Lipinski definition) is 3. The van der Waals surface area contributed by atoms with Crippen molar-refractivity contribution in [2.75, 3.05) is 22.6 Å². The van der Waals surface area contributed by atoms with Gasteiger partial charge in [-0.1, -0.05) is 24.3 Å². The van der Waals surface area contributed by atoms with Gasteiger partial charge in [-0.2, -0.15) is 0 Å². The van der Waals surface area contributed by atoms with Gasteiger partial charge in [0.05, 0.1) is 0 Å². The molecule has 6 heteroatoms. The highest BCUT2D eigenvalue weighted by atomic mass is 16.5. The van der Waals surface area contributed by atoms with Gasteiger partial charge in [-0.05, 0) is 43.2 Å². The van der Waals surface area contributed by atoms with Crippen molar-refractivity contribution in [3.05, 3.63) is 54.6 Å². The van der Waals surface area contributed by atoms with Crippen molar-refractivity contribution in [3.63, 3.8) is 0 Å². The summed E-state index contributed by atoms with van der Waals surface area (Å²) in [6, 6.07) is 15.8. The van der Waals surface area contributed by atoms with Crippen LogP contribution in [0.1, 0.15) is 12.8 Å². The van der Waals surface area contributed by atoms with E-state index in [9.17, 15) is 9.59 Å². The normalized spacial score (nSPS) is 16.4. The molecule has 3 amide bonds. The van der Waals surface area contributed by atoms with Crippen molar-refractivity contribution >= 4 is 29.0 Å². The lowest BCUT2D eigenvalue weighted by molar-refractivity contribution is -0.124. The molecular formula is C18H19N3O3. The molecule has 1 atom stereocenters. The standard InChI is InChI=1S/C18H19N3O3/c22-17(16-10-5-11-24-16)19-14-8-4-9-15(12-14)21-18(23)20-13-6-2-1-3-7-13/h1-4,6-9,12,16H,5,10-11H2,(H,19,22)(H2,20,21,23). The van der Waals surface area contributed by atoms with E-state index in [1.54, 1.807) is 36.4 Å². The predicted octanol–water partition coefficient (Wildman–Crippen LogP) is 3.45. The van der Waals surface area contributed by atoms with E-state index in [0.717, 1.165) is 12.8 Å². The summed E-state index contributed by atoms with van der Waals surface area (Å²) >= 11 is 0. The number of carbonyl (C=O) groups excluding carboxylic acids is 2. The average Bonchev–Trinajstić information content (AvgIpc) is 3.10. The third kappa shape index (κ3) is 4.33. The number of anilines is 3. The highest BCUT2D eigenvalue weighted by Crippen LogP contribution is 2.18. The molecular weight excluding hydrogens is 306 g/mol. The van der Waals surface area contributed by atoms with Crippen LogP contribution in [0.2, 0.25) is 0 Å². The van der Waals surface area contributed by atoms with Gasteiger partial charge in [-0.25, -0.2) is 4.79 Å². The van der Waals surface area contributed by atoms with E-state index >= 15 is 0 Å². The summed E-state index contributed by atoms with van der Waals surface area (Å²) in [5, 5.41) is 8.29. The smallest absolute Gasteiger partial charge is 0.323 e. The van der Waals surface area contributed by atoms with Crippen LogP contribution in [0.5, 0.6) is 0 Å². The Morgan fingerprint density at radius 3 is 2.25 bits per heavy atom. The Balaban J connectivity index is 1.58. The number of urea groups is 1. The van der Waals surface area contributed by atoms with E-state index in [-0.39, 0.29) is 18.0 Å². The van der Waals surface area contributed by atoms with Crippen molar-refractivity contribution in [1.29, 1.82) is 0 Å². The zero-order chi connectivity index (χ0) is 16.8. The minimum absolute atomic E-state index is 0.154. The molecule has 0 aromatic heterocycles. The number of amides is 3. The van der Waals surface area contributed by atoms with Crippen LogP contribution in [0.3, 0.4) is 0 Å². The highest BCUT2D eigenvalue weighted by molar-refractivity contribution is 6.00. The van der Waals surface area contributed by atoms with Crippen LogP contribution >= 0.6 is 0 Å². The zero-order valence-electron chi connectivity index (χ0n) is 13.1. The monoisotopic (exact) mass is 325 g/mol. The first-order valence-electron chi connectivity index (χ1n) is 7.86. The molecule has 2 aromatic rings. The maximum Gasteiger partial charge on any atom is 0.323 e. The molecule has 1 unspecified atom stereocenters. The summed E-state index contributed by atoms with van der Waals surface area (Å²) in [4.78, 5) is 24.0. The topological polar surface area (TPSA) is 79.5 Å². The zero-order valence-corrected chi connectivity index (χ0v) is 13.1. The number of benzene rings is 2. The molecule has 0 bridgehead atoms. The minimum Gasteiger partial charge on any atom is -0.368 e. The van der Waals surface area contributed by atoms with Gasteiger partial charge in [0.25, 0.3) is 5.91 Å². The van der Waals surface area contributed by atoms with Gasteiger partial charge in [0, 0.05) is 23.7 Å². The lowest BCUT2D eigenvalue weighted by Gasteiger charge is -2.12. The molecule has 0 saturated carbocycles. The lowest BCUT2D eigenvalue weighted by Crippen LogP contribution is -2.27. The maximum absolute atomic E-state index is 12.1. The fourth-order valence-electron chi connectivity index (χ4n) is 2.50. The molecule has 24 heavy (non-hydrogen) atoms. The summed E-state index contributed by atoms with van der Waals surface area (Å²) in [6.07, 6.45) is 1.26. The molecule has 3 N–H and O–H groups in total. The third-order valence-electron chi connectivity index (χ3n) is 3.64. The highest BCUT2D eigenvalue weighted by Gasteiger charge is 2.23. The Morgan fingerprint density at radius 2 is 1.54 bits per heavy atom. The van der Waals surface area contributed by atoms with Gasteiger partial charge >= 0.3 is 6.03 Å². The molecule has 1 saturated heterocycles. The molecule has 3 rings (SSSR count). The summed E-state index contributed by atoms with van der Waals surface area (Å²) in [7, 11) is 0. The molecule has 1 fully saturated rings. The SMILES string of the molecule is O=C(Nc1ccccc1)Nc1cccc(NC(=O)C2CCCO2)c1.